The molecule has 2 atom stereocenters. The highest BCUT2D eigenvalue weighted by Crippen LogP contribution is 2.38. The lowest BCUT2D eigenvalue weighted by molar-refractivity contribution is -0.144. The van der Waals surface area contributed by atoms with E-state index in [4.69, 9.17) is 16.3 Å². The summed E-state index contributed by atoms with van der Waals surface area (Å²) in [4.78, 5) is 16.5. The number of rotatable bonds is 3. The lowest BCUT2D eigenvalue weighted by atomic mass is 9.94. The Morgan fingerprint density at radius 2 is 2.19 bits per heavy atom. The van der Waals surface area contributed by atoms with Crippen molar-refractivity contribution in [1.82, 2.24) is 9.55 Å². The summed E-state index contributed by atoms with van der Waals surface area (Å²) in [6, 6.07) is 0. The Morgan fingerprint density at radius 3 is 2.76 bits per heavy atom. The number of hydrogen-bond acceptors (Lipinski definition) is 3. The first-order chi connectivity index (χ1) is 9.86. The van der Waals surface area contributed by atoms with Gasteiger partial charge in [-0.25, -0.2) is 4.98 Å². The number of fused-ring (bicyclic) bond motifs is 1. The average Bonchev–Trinajstić information content (AvgIpc) is 2.81. The van der Waals surface area contributed by atoms with Gasteiger partial charge < -0.3 is 9.30 Å². The number of allylic oxidation sites excluding steroid dienone is 3. The van der Waals surface area contributed by atoms with E-state index in [9.17, 15) is 4.79 Å². The van der Waals surface area contributed by atoms with Crippen molar-refractivity contribution in [2.75, 3.05) is 6.61 Å². The number of hydrogen-bond donors (Lipinski definition) is 0. The van der Waals surface area contributed by atoms with Gasteiger partial charge in [-0.2, -0.15) is 0 Å². The third-order valence-electron chi connectivity index (χ3n) is 3.72. The van der Waals surface area contributed by atoms with Crippen LogP contribution in [-0.2, 0) is 9.53 Å². The molecule has 114 valence electrons. The van der Waals surface area contributed by atoms with Gasteiger partial charge in [-0.3, -0.25) is 4.79 Å². The number of ether oxygens (including phenoxy) is 1. The van der Waals surface area contributed by atoms with E-state index in [1.54, 1.807) is 6.92 Å². The maximum Gasteiger partial charge on any atom is 0.314 e. The fraction of sp³-hybridized carbons (Fsp3) is 0.500. The van der Waals surface area contributed by atoms with Crippen LogP contribution in [0.4, 0.5) is 0 Å². The number of nitrogens with zero attached hydrogens (tertiary/aromatic N) is 2. The molecule has 0 amide bonds. The quantitative estimate of drug-likeness (QED) is 0.792. The van der Waals surface area contributed by atoms with Crippen molar-refractivity contribution >= 4 is 29.3 Å². The number of esters is 1. The lowest BCUT2D eigenvalue weighted by Crippen LogP contribution is -2.13. The van der Waals surface area contributed by atoms with Gasteiger partial charge in [0.15, 0.2) is 0 Å². The van der Waals surface area contributed by atoms with Crippen LogP contribution in [0.5, 0.6) is 0 Å². The summed E-state index contributed by atoms with van der Waals surface area (Å²) in [7, 11) is 0. The number of halogens is 1. The van der Waals surface area contributed by atoms with Crippen LogP contribution in [0, 0.1) is 5.92 Å². The van der Waals surface area contributed by atoms with Crippen molar-refractivity contribution < 1.29 is 9.53 Å². The van der Waals surface area contributed by atoms with Gasteiger partial charge in [0.05, 0.1) is 18.2 Å². The van der Waals surface area contributed by atoms with Crippen LogP contribution in [0.2, 0.25) is 0 Å². The van der Waals surface area contributed by atoms with E-state index in [0.717, 1.165) is 16.4 Å². The minimum absolute atomic E-state index is 0.123. The molecule has 5 heteroatoms. The number of imidazole rings is 1. The zero-order valence-electron chi connectivity index (χ0n) is 13.1. The molecule has 0 bridgehead atoms. The minimum Gasteiger partial charge on any atom is -0.465 e. The molecule has 0 aromatic carbocycles. The molecule has 0 saturated carbocycles. The van der Waals surface area contributed by atoms with Gasteiger partial charge in [0, 0.05) is 28.9 Å². The topological polar surface area (TPSA) is 44.1 Å². The maximum atomic E-state index is 11.9. The summed E-state index contributed by atoms with van der Waals surface area (Å²) in [6.07, 6.45) is 3.72. The molecule has 0 saturated heterocycles. The van der Waals surface area contributed by atoms with E-state index in [0.29, 0.717) is 12.3 Å². The first kappa shape index (κ1) is 15.8. The van der Waals surface area contributed by atoms with Gasteiger partial charge in [-0.15, -0.1) is 0 Å². The average molecular weight is 309 g/mol. The third-order valence-corrected chi connectivity index (χ3v) is 4.15. The van der Waals surface area contributed by atoms with Gasteiger partial charge in [0.2, 0.25) is 0 Å². The summed E-state index contributed by atoms with van der Waals surface area (Å²) in [6.45, 7) is 10.1. The second-order valence-corrected chi connectivity index (χ2v) is 5.96. The first-order valence-electron chi connectivity index (χ1n) is 7.17. The molecule has 2 rings (SSSR count). The van der Waals surface area contributed by atoms with E-state index < -0.39 is 0 Å². The van der Waals surface area contributed by atoms with Crippen LogP contribution < -0.4 is 0 Å². The van der Waals surface area contributed by atoms with Crippen molar-refractivity contribution in [3.8, 4) is 0 Å². The van der Waals surface area contributed by atoms with Gasteiger partial charge in [-0.05, 0) is 27.7 Å². The lowest BCUT2D eigenvalue weighted by Gasteiger charge is -2.22. The molecular formula is C16H21ClN2O2. The van der Waals surface area contributed by atoms with Gasteiger partial charge >= 0.3 is 5.97 Å². The molecular weight excluding hydrogens is 288 g/mol. The molecule has 1 aromatic heterocycles. The molecule has 0 fully saturated rings. The Kier molecular flexibility index (Phi) is 4.57. The SMILES string of the molecule is CCOC(=O)C(C)c1cn2c(n1)C(=C(C)C)C(C)C(Cl)=C2. The predicted octanol–water partition coefficient (Wildman–Crippen LogP) is 4.03. The monoisotopic (exact) mass is 308 g/mol. The second-order valence-electron chi connectivity index (χ2n) is 5.52. The van der Waals surface area contributed by atoms with Crippen LogP contribution >= 0.6 is 11.6 Å². The Morgan fingerprint density at radius 1 is 1.52 bits per heavy atom. The molecule has 0 aliphatic carbocycles. The van der Waals surface area contributed by atoms with Crippen molar-refractivity contribution in [2.45, 2.75) is 40.5 Å². The molecule has 0 radical (unpaired) electrons. The zero-order chi connectivity index (χ0) is 15.7. The molecule has 1 aromatic rings. The van der Waals surface area contributed by atoms with Gasteiger partial charge in [0.1, 0.15) is 5.82 Å². The summed E-state index contributed by atoms with van der Waals surface area (Å²) < 4.78 is 6.96. The van der Waals surface area contributed by atoms with Gasteiger partial charge in [-0.1, -0.05) is 24.1 Å². The van der Waals surface area contributed by atoms with Crippen LogP contribution in [0.3, 0.4) is 0 Å². The van der Waals surface area contributed by atoms with E-state index in [1.807, 2.05) is 23.9 Å². The molecule has 1 aliphatic rings. The van der Waals surface area contributed by atoms with Crippen LogP contribution in [-0.4, -0.2) is 22.1 Å². The van der Waals surface area contributed by atoms with E-state index in [1.165, 1.54) is 5.57 Å². The van der Waals surface area contributed by atoms with E-state index in [2.05, 4.69) is 25.8 Å². The number of carbonyl (C=O) groups excluding carboxylic acids is 1. The maximum absolute atomic E-state index is 11.9. The molecule has 1 aliphatic heterocycles. The Hall–Kier alpha value is -1.55. The van der Waals surface area contributed by atoms with Crippen LogP contribution in [0.25, 0.3) is 11.8 Å². The summed E-state index contributed by atoms with van der Waals surface area (Å²) >= 11 is 6.32. The van der Waals surface area contributed by atoms with E-state index in [-0.39, 0.29) is 17.8 Å². The van der Waals surface area contributed by atoms with E-state index >= 15 is 0 Å². The van der Waals surface area contributed by atoms with Gasteiger partial charge in [0.25, 0.3) is 0 Å². The van der Waals surface area contributed by atoms with Crippen molar-refractivity contribution in [3.05, 3.63) is 28.3 Å². The fourth-order valence-corrected chi connectivity index (χ4v) is 2.75. The Balaban J connectivity index is 2.46. The first-order valence-corrected chi connectivity index (χ1v) is 7.54. The molecule has 0 spiro atoms. The largest absolute Gasteiger partial charge is 0.465 e. The van der Waals surface area contributed by atoms with Crippen molar-refractivity contribution in [3.63, 3.8) is 0 Å². The fourth-order valence-electron chi connectivity index (χ4n) is 2.54. The van der Waals surface area contributed by atoms with Crippen LogP contribution in [0.1, 0.15) is 52.1 Å². The standard InChI is InChI=1S/C16H21ClN2O2/c1-6-21-16(20)11(5)13-8-19-7-12(17)10(4)14(9(2)3)15(19)18-13/h7-8,10-11H,6H2,1-5H3. The molecule has 21 heavy (non-hydrogen) atoms. The molecule has 4 nitrogen and oxygen atoms in total. The minimum atomic E-state index is -0.385. The highest BCUT2D eigenvalue weighted by atomic mass is 35.5. The van der Waals surface area contributed by atoms with Crippen molar-refractivity contribution in [2.24, 2.45) is 5.92 Å². The Labute approximate surface area is 130 Å². The van der Waals surface area contributed by atoms with Crippen LogP contribution in [0.15, 0.2) is 16.8 Å². The summed E-state index contributed by atoms with van der Waals surface area (Å²) in [5.41, 5.74) is 3.00. The number of carbonyl (C=O) groups is 1. The van der Waals surface area contributed by atoms with Crippen molar-refractivity contribution in [1.29, 1.82) is 0 Å². The zero-order valence-corrected chi connectivity index (χ0v) is 13.9. The Bertz CT molecular complexity index is 624. The number of aromatic nitrogens is 2. The molecule has 2 unspecified atom stereocenters. The molecule has 2 heterocycles. The molecule has 0 N–H and O–H groups in total. The normalized spacial score (nSPS) is 18.9. The highest BCUT2D eigenvalue weighted by molar-refractivity contribution is 6.32. The summed E-state index contributed by atoms with van der Waals surface area (Å²) in [5.74, 6) is 0.342. The predicted molar refractivity (Wildman–Crippen MR) is 84.8 cm³/mol. The second kappa shape index (κ2) is 6.06. The summed E-state index contributed by atoms with van der Waals surface area (Å²) in [5, 5.41) is 0.770. The third kappa shape index (κ3) is 2.91. The smallest absolute Gasteiger partial charge is 0.314 e. The highest BCUT2D eigenvalue weighted by Gasteiger charge is 2.28.